The number of para-hydroxylation sites is 1. The second-order valence-electron chi connectivity index (χ2n) is 7.91. The summed E-state index contributed by atoms with van der Waals surface area (Å²) in [5.41, 5.74) is 2.52. The van der Waals surface area contributed by atoms with E-state index in [2.05, 4.69) is 20.6 Å². The van der Waals surface area contributed by atoms with Gasteiger partial charge < -0.3 is 15.5 Å². The van der Waals surface area contributed by atoms with Crippen LogP contribution in [0.25, 0.3) is 0 Å². The molecule has 1 aliphatic heterocycles. The number of benzene rings is 1. The van der Waals surface area contributed by atoms with Crippen LogP contribution in [-0.2, 0) is 14.4 Å². The van der Waals surface area contributed by atoms with Crippen molar-refractivity contribution < 1.29 is 14.4 Å². The number of nitrogens with one attached hydrogen (secondary N) is 2. The average Bonchev–Trinajstić information content (AvgIpc) is 2.84. The molecule has 162 valence electrons. The average molecular weight is 422 g/mol. The molecule has 1 aromatic carbocycles. The summed E-state index contributed by atoms with van der Waals surface area (Å²) in [6, 6.07) is 12.0. The third-order valence-electron chi connectivity index (χ3n) is 4.89. The Labute approximate surface area is 181 Å². The number of carbonyl (C=O) groups excluding carboxylic acids is 3. The van der Waals surface area contributed by atoms with Crippen LogP contribution in [0, 0.1) is 5.92 Å². The fourth-order valence-electron chi connectivity index (χ4n) is 3.32. The highest BCUT2D eigenvalue weighted by Gasteiger charge is 2.32. The molecule has 0 bridgehead atoms. The molecule has 0 saturated carbocycles. The van der Waals surface area contributed by atoms with E-state index < -0.39 is 18.1 Å². The minimum absolute atomic E-state index is 0.177. The Kier molecular flexibility index (Phi) is 6.79. The SMILES string of the molecule is CC(C)CC(=O)N[C@@H](C)C(=O)NC1N=C(c2ccccn2)c2ccccc2N(C)C1=O. The van der Waals surface area contributed by atoms with Crippen LogP contribution in [0.3, 0.4) is 0 Å². The van der Waals surface area contributed by atoms with E-state index >= 15 is 0 Å². The van der Waals surface area contributed by atoms with Crippen LogP contribution in [0.2, 0.25) is 0 Å². The molecule has 3 amide bonds. The molecule has 2 aromatic rings. The predicted molar refractivity (Wildman–Crippen MR) is 119 cm³/mol. The van der Waals surface area contributed by atoms with Gasteiger partial charge in [0.15, 0.2) is 0 Å². The number of amides is 3. The summed E-state index contributed by atoms with van der Waals surface area (Å²) < 4.78 is 0. The smallest absolute Gasteiger partial charge is 0.272 e. The van der Waals surface area contributed by atoms with Crippen molar-refractivity contribution in [2.75, 3.05) is 11.9 Å². The Morgan fingerprint density at radius 2 is 1.81 bits per heavy atom. The van der Waals surface area contributed by atoms with Crippen LogP contribution in [0.5, 0.6) is 0 Å². The first-order valence-electron chi connectivity index (χ1n) is 10.2. The van der Waals surface area contributed by atoms with Gasteiger partial charge >= 0.3 is 0 Å². The maximum Gasteiger partial charge on any atom is 0.272 e. The second-order valence-corrected chi connectivity index (χ2v) is 7.91. The van der Waals surface area contributed by atoms with Crippen molar-refractivity contribution in [1.29, 1.82) is 0 Å². The van der Waals surface area contributed by atoms with Crippen molar-refractivity contribution in [3.63, 3.8) is 0 Å². The summed E-state index contributed by atoms with van der Waals surface area (Å²) >= 11 is 0. The number of carbonyl (C=O) groups is 3. The zero-order valence-corrected chi connectivity index (χ0v) is 18.1. The molecular formula is C23H27N5O3. The zero-order valence-electron chi connectivity index (χ0n) is 18.1. The van der Waals surface area contributed by atoms with Crippen LogP contribution in [0.4, 0.5) is 5.69 Å². The molecule has 8 heteroatoms. The van der Waals surface area contributed by atoms with E-state index in [0.717, 1.165) is 5.56 Å². The molecule has 0 radical (unpaired) electrons. The van der Waals surface area contributed by atoms with Gasteiger partial charge in [-0.15, -0.1) is 0 Å². The van der Waals surface area contributed by atoms with Gasteiger partial charge in [0.2, 0.25) is 18.0 Å². The number of rotatable bonds is 6. The molecule has 1 aromatic heterocycles. The third kappa shape index (κ3) is 5.14. The molecule has 1 aliphatic rings. The minimum atomic E-state index is -1.15. The quantitative estimate of drug-likeness (QED) is 0.743. The summed E-state index contributed by atoms with van der Waals surface area (Å²) in [6.07, 6.45) is 0.822. The Bertz CT molecular complexity index is 1000. The standard InChI is InChI=1S/C23H27N5O3/c1-14(2)13-19(29)25-15(3)22(30)27-21-23(31)28(4)18-11-6-5-9-16(18)20(26-21)17-10-7-8-12-24-17/h5-12,14-15,21H,13H2,1-4H3,(H,25,29)(H,27,30)/t15-,21?/m0/s1. The number of aliphatic imine (C=N–C) groups is 1. The lowest BCUT2D eigenvalue weighted by atomic mass is 10.0. The van der Waals surface area contributed by atoms with Gasteiger partial charge in [-0.2, -0.15) is 0 Å². The minimum Gasteiger partial charge on any atom is -0.345 e. The lowest BCUT2D eigenvalue weighted by molar-refractivity contribution is -0.131. The molecule has 0 saturated heterocycles. The number of pyridine rings is 1. The summed E-state index contributed by atoms with van der Waals surface area (Å²) in [5.74, 6) is -0.908. The molecule has 2 heterocycles. The van der Waals surface area contributed by atoms with E-state index in [0.29, 0.717) is 23.5 Å². The molecule has 0 spiro atoms. The van der Waals surface area contributed by atoms with Crippen molar-refractivity contribution in [2.45, 2.75) is 39.4 Å². The lowest BCUT2D eigenvalue weighted by Crippen LogP contribution is -2.52. The normalized spacial score (nSPS) is 16.8. The fraction of sp³-hybridized carbons (Fsp3) is 0.348. The molecule has 8 nitrogen and oxygen atoms in total. The molecule has 0 aliphatic carbocycles. The predicted octanol–water partition coefficient (Wildman–Crippen LogP) is 1.89. The molecule has 2 atom stereocenters. The first-order chi connectivity index (χ1) is 14.8. The van der Waals surface area contributed by atoms with Crippen molar-refractivity contribution >= 4 is 29.1 Å². The van der Waals surface area contributed by atoms with E-state index in [1.54, 1.807) is 32.3 Å². The van der Waals surface area contributed by atoms with Gasteiger partial charge in [0, 0.05) is 25.2 Å². The molecule has 1 unspecified atom stereocenters. The maximum atomic E-state index is 13.1. The Balaban J connectivity index is 1.90. The number of fused-ring (bicyclic) bond motifs is 1. The van der Waals surface area contributed by atoms with E-state index in [9.17, 15) is 14.4 Å². The Morgan fingerprint density at radius 1 is 1.10 bits per heavy atom. The third-order valence-corrected chi connectivity index (χ3v) is 4.89. The lowest BCUT2D eigenvalue weighted by Gasteiger charge is -2.22. The number of benzodiazepines with no additional fused rings is 1. The highest BCUT2D eigenvalue weighted by molar-refractivity contribution is 6.19. The van der Waals surface area contributed by atoms with Crippen LogP contribution >= 0.6 is 0 Å². The van der Waals surface area contributed by atoms with Crippen LogP contribution in [0.1, 0.15) is 38.4 Å². The summed E-state index contributed by atoms with van der Waals surface area (Å²) in [7, 11) is 1.64. The molecule has 31 heavy (non-hydrogen) atoms. The molecule has 2 N–H and O–H groups in total. The number of nitrogens with zero attached hydrogens (tertiary/aromatic N) is 3. The van der Waals surface area contributed by atoms with Crippen molar-refractivity contribution in [3.05, 3.63) is 59.9 Å². The van der Waals surface area contributed by atoms with E-state index in [1.165, 1.54) is 4.90 Å². The summed E-state index contributed by atoms with van der Waals surface area (Å²) in [6.45, 7) is 5.43. The van der Waals surface area contributed by atoms with Gasteiger partial charge in [-0.25, -0.2) is 4.99 Å². The first kappa shape index (κ1) is 22.1. The summed E-state index contributed by atoms with van der Waals surface area (Å²) in [5, 5.41) is 5.34. The number of likely N-dealkylation sites (N-methyl/N-ethyl adjacent to an activating group) is 1. The van der Waals surface area contributed by atoms with Crippen LogP contribution in [-0.4, -0.2) is 47.7 Å². The van der Waals surface area contributed by atoms with Gasteiger partial charge in [-0.05, 0) is 31.0 Å². The van der Waals surface area contributed by atoms with Gasteiger partial charge in [0.05, 0.1) is 17.1 Å². The highest BCUT2D eigenvalue weighted by Crippen LogP contribution is 2.26. The largest absolute Gasteiger partial charge is 0.345 e. The second kappa shape index (κ2) is 9.51. The molecule has 3 rings (SSSR count). The monoisotopic (exact) mass is 421 g/mol. The Morgan fingerprint density at radius 3 is 2.48 bits per heavy atom. The van der Waals surface area contributed by atoms with E-state index in [-0.39, 0.29) is 17.7 Å². The molecular weight excluding hydrogens is 394 g/mol. The van der Waals surface area contributed by atoms with Crippen molar-refractivity contribution in [3.8, 4) is 0 Å². The number of anilines is 1. The topological polar surface area (TPSA) is 104 Å². The van der Waals surface area contributed by atoms with Crippen LogP contribution in [0.15, 0.2) is 53.7 Å². The van der Waals surface area contributed by atoms with Gasteiger partial charge in [-0.1, -0.05) is 38.1 Å². The number of aromatic nitrogens is 1. The fourth-order valence-corrected chi connectivity index (χ4v) is 3.32. The highest BCUT2D eigenvalue weighted by atomic mass is 16.2. The zero-order chi connectivity index (χ0) is 22.5. The van der Waals surface area contributed by atoms with Gasteiger partial charge in [-0.3, -0.25) is 19.4 Å². The number of hydrogen-bond donors (Lipinski definition) is 2. The summed E-state index contributed by atoms with van der Waals surface area (Å²) in [4.78, 5) is 48.3. The van der Waals surface area contributed by atoms with Gasteiger partial charge in [0.25, 0.3) is 5.91 Å². The van der Waals surface area contributed by atoms with Gasteiger partial charge in [0.1, 0.15) is 6.04 Å². The van der Waals surface area contributed by atoms with Crippen molar-refractivity contribution in [1.82, 2.24) is 15.6 Å². The molecule has 0 fully saturated rings. The maximum absolute atomic E-state index is 13.1. The van der Waals surface area contributed by atoms with E-state index in [4.69, 9.17) is 0 Å². The Hall–Kier alpha value is -3.55. The van der Waals surface area contributed by atoms with Crippen molar-refractivity contribution in [2.24, 2.45) is 10.9 Å². The number of hydrogen-bond acceptors (Lipinski definition) is 5. The van der Waals surface area contributed by atoms with Crippen LogP contribution < -0.4 is 15.5 Å². The van der Waals surface area contributed by atoms with E-state index in [1.807, 2.05) is 44.2 Å². The first-order valence-corrected chi connectivity index (χ1v) is 10.2.